The molecule has 0 saturated heterocycles. The SMILES string of the molecule is Cc1ccc(-c2csc(C3(C#N)CCC3)n2)c(C)c1. The number of nitrogens with zero attached hydrogens (tertiary/aromatic N) is 2. The van der Waals surface area contributed by atoms with Crippen LogP contribution in [-0.2, 0) is 5.41 Å². The van der Waals surface area contributed by atoms with Gasteiger partial charge in [-0.25, -0.2) is 4.98 Å². The Labute approximate surface area is 117 Å². The third-order valence-electron chi connectivity index (χ3n) is 3.99. The first-order chi connectivity index (χ1) is 9.14. The van der Waals surface area contributed by atoms with Gasteiger partial charge in [-0.3, -0.25) is 0 Å². The second-order valence-electron chi connectivity index (χ2n) is 5.40. The molecule has 1 aliphatic rings. The van der Waals surface area contributed by atoms with Crippen LogP contribution >= 0.6 is 11.3 Å². The highest BCUT2D eigenvalue weighted by molar-refractivity contribution is 7.10. The number of hydrogen-bond donors (Lipinski definition) is 0. The van der Waals surface area contributed by atoms with E-state index in [0.717, 1.165) is 30.0 Å². The first-order valence-electron chi connectivity index (χ1n) is 6.59. The van der Waals surface area contributed by atoms with Crippen LogP contribution in [0.3, 0.4) is 0 Å². The molecule has 0 N–H and O–H groups in total. The third kappa shape index (κ3) is 1.97. The lowest BCUT2D eigenvalue weighted by Gasteiger charge is -2.32. The van der Waals surface area contributed by atoms with Gasteiger partial charge in [0.1, 0.15) is 10.4 Å². The number of hydrogen-bond acceptors (Lipinski definition) is 3. The van der Waals surface area contributed by atoms with Crippen LogP contribution in [0.4, 0.5) is 0 Å². The monoisotopic (exact) mass is 268 g/mol. The second-order valence-corrected chi connectivity index (χ2v) is 6.26. The Hall–Kier alpha value is -1.66. The van der Waals surface area contributed by atoms with E-state index < -0.39 is 0 Å². The van der Waals surface area contributed by atoms with Crippen molar-refractivity contribution in [2.45, 2.75) is 38.5 Å². The maximum absolute atomic E-state index is 9.38. The van der Waals surface area contributed by atoms with Crippen LogP contribution in [0.25, 0.3) is 11.3 Å². The van der Waals surface area contributed by atoms with Gasteiger partial charge in [0.25, 0.3) is 0 Å². The minimum Gasteiger partial charge on any atom is -0.239 e. The largest absolute Gasteiger partial charge is 0.239 e. The Kier molecular flexibility index (Phi) is 2.91. The summed E-state index contributed by atoms with van der Waals surface area (Å²) < 4.78 is 0. The van der Waals surface area contributed by atoms with Crippen LogP contribution in [0.15, 0.2) is 23.6 Å². The van der Waals surface area contributed by atoms with Gasteiger partial charge in [-0.05, 0) is 38.7 Å². The fourth-order valence-corrected chi connectivity index (χ4v) is 3.65. The predicted molar refractivity (Wildman–Crippen MR) is 78.2 cm³/mol. The number of benzene rings is 1. The van der Waals surface area contributed by atoms with Gasteiger partial charge >= 0.3 is 0 Å². The predicted octanol–water partition coefficient (Wildman–Crippen LogP) is 4.37. The van der Waals surface area contributed by atoms with E-state index in [2.05, 4.69) is 43.5 Å². The quantitative estimate of drug-likeness (QED) is 0.810. The van der Waals surface area contributed by atoms with Crippen LogP contribution in [0.5, 0.6) is 0 Å². The van der Waals surface area contributed by atoms with Gasteiger partial charge < -0.3 is 0 Å². The number of aromatic nitrogens is 1. The molecule has 3 rings (SSSR count). The molecule has 96 valence electrons. The molecular formula is C16H16N2S. The minimum atomic E-state index is -0.290. The van der Waals surface area contributed by atoms with Crippen molar-refractivity contribution in [3.05, 3.63) is 39.7 Å². The molecule has 1 aliphatic carbocycles. The van der Waals surface area contributed by atoms with Gasteiger partial charge in [-0.2, -0.15) is 5.26 Å². The molecule has 2 aromatic rings. The van der Waals surface area contributed by atoms with Crippen molar-refractivity contribution in [3.63, 3.8) is 0 Å². The normalized spacial score (nSPS) is 16.7. The first kappa shape index (κ1) is 12.4. The second kappa shape index (κ2) is 4.47. The van der Waals surface area contributed by atoms with E-state index in [1.54, 1.807) is 11.3 Å². The lowest BCUT2D eigenvalue weighted by Crippen LogP contribution is -2.32. The van der Waals surface area contributed by atoms with Crippen molar-refractivity contribution < 1.29 is 0 Å². The summed E-state index contributed by atoms with van der Waals surface area (Å²) in [5.74, 6) is 0. The minimum absolute atomic E-state index is 0.290. The van der Waals surface area contributed by atoms with E-state index in [9.17, 15) is 5.26 Å². The number of nitriles is 1. The Bertz CT molecular complexity index is 660. The van der Waals surface area contributed by atoms with Crippen molar-refractivity contribution in [3.8, 4) is 17.3 Å². The number of thiazole rings is 1. The zero-order valence-corrected chi connectivity index (χ0v) is 12.0. The fraction of sp³-hybridized carbons (Fsp3) is 0.375. The highest BCUT2D eigenvalue weighted by Crippen LogP contribution is 2.45. The summed E-state index contributed by atoms with van der Waals surface area (Å²) in [5.41, 5.74) is 4.42. The molecule has 1 aromatic carbocycles. The van der Waals surface area contributed by atoms with Crippen molar-refractivity contribution >= 4 is 11.3 Å². The van der Waals surface area contributed by atoms with Crippen LogP contribution in [0.2, 0.25) is 0 Å². The third-order valence-corrected chi connectivity index (χ3v) is 5.04. The Morgan fingerprint density at radius 2 is 2.11 bits per heavy atom. The maximum atomic E-state index is 9.38. The molecule has 0 aliphatic heterocycles. The average molecular weight is 268 g/mol. The molecule has 0 bridgehead atoms. The van der Waals surface area contributed by atoms with Gasteiger partial charge in [0, 0.05) is 10.9 Å². The van der Waals surface area contributed by atoms with E-state index in [4.69, 9.17) is 4.98 Å². The van der Waals surface area contributed by atoms with Gasteiger partial charge in [0.05, 0.1) is 11.8 Å². The topological polar surface area (TPSA) is 36.7 Å². The summed E-state index contributed by atoms with van der Waals surface area (Å²) >= 11 is 1.63. The van der Waals surface area contributed by atoms with E-state index >= 15 is 0 Å². The van der Waals surface area contributed by atoms with Crippen molar-refractivity contribution in [2.24, 2.45) is 0 Å². The molecule has 1 fully saturated rings. The molecule has 0 radical (unpaired) electrons. The lowest BCUT2D eigenvalue weighted by atomic mass is 9.70. The van der Waals surface area contributed by atoms with Crippen LogP contribution < -0.4 is 0 Å². The van der Waals surface area contributed by atoms with E-state index in [1.165, 1.54) is 16.7 Å². The molecule has 0 amide bonds. The van der Waals surface area contributed by atoms with Gasteiger partial charge in [-0.1, -0.05) is 23.8 Å². The van der Waals surface area contributed by atoms with Crippen LogP contribution in [0, 0.1) is 25.2 Å². The van der Waals surface area contributed by atoms with Gasteiger partial charge in [0.2, 0.25) is 0 Å². The molecule has 2 nitrogen and oxygen atoms in total. The zero-order valence-electron chi connectivity index (χ0n) is 11.2. The summed E-state index contributed by atoms with van der Waals surface area (Å²) in [7, 11) is 0. The highest BCUT2D eigenvalue weighted by Gasteiger charge is 2.41. The van der Waals surface area contributed by atoms with Gasteiger partial charge in [0.15, 0.2) is 0 Å². The van der Waals surface area contributed by atoms with Crippen LogP contribution in [0.1, 0.15) is 35.4 Å². The Balaban J connectivity index is 2.00. The number of rotatable bonds is 2. The fourth-order valence-electron chi connectivity index (χ4n) is 2.62. The van der Waals surface area contributed by atoms with Crippen LogP contribution in [-0.4, -0.2) is 4.98 Å². The Morgan fingerprint density at radius 3 is 2.68 bits per heavy atom. The highest BCUT2D eigenvalue weighted by atomic mass is 32.1. The average Bonchev–Trinajstić information content (AvgIpc) is 2.78. The zero-order chi connectivity index (χ0) is 13.5. The van der Waals surface area contributed by atoms with E-state index in [-0.39, 0.29) is 5.41 Å². The molecule has 3 heteroatoms. The molecule has 1 saturated carbocycles. The Morgan fingerprint density at radius 1 is 1.32 bits per heavy atom. The molecule has 1 heterocycles. The first-order valence-corrected chi connectivity index (χ1v) is 7.47. The summed E-state index contributed by atoms with van der Waals surface area (Å²) in [4.78, 5) is 4.73. The standard InChI is InChI=1S/C16H16N2S/c1-11-4-5-13(12(2)8-11)14-9-19-15(18-14)16(10-17)6-3-7-16/h4-5,8-9H,3,6-7H2,1-2H3. The smallest absolute Gasteiger partial charge is 0.114 e. The number of aryl methyl sites for hydroxylation is 2. The molecule has 19 heavy (non-hydrogen) atoms. The summed E-state index contributed by atoms with van der Waals surface area (Å²) in [6.45, 7) is 4.22. The molecule has 0 unspecified atom stereocenters. The molecule has 0 atom stereocenters. The summed E-state index contributed by atoms with van der Waals surface area (Å²) in [6, 6.07) is 8.89. The van der Waals surface area contributed by atoms with Crippen molar-refractivity contribution in [2.75, 3.05) is 0 Å². The van der Waals surface area contributed by atoms with Crippen molar-refractivity contribution in [1.82, 2.24) is 4.98 Å². The summed E-state index contributed by atoms with van der Waals surface area (Å²) in [6.07, 6.45) is 3.07. The van der Waals surface area contributed by atoms with Gasteiger partial charge in [-0.15, -0.1) is 11.3 Å². The van der Waals surface area contributed by atoms with Crippen molar-refractivity contribution in [1.29, 1.82) is 5.26 Å². The summed E-state index contributed by atoms with van der Waals surface area (Å²) in [5, 5.41) is 12.5. The lowest BCUT2D eigenvalue weighted by molar-refractivity contribution is 0.323. The molecule has 1 aromatic heterocycles. The molecular weight excluding hydrogens is 252 g/mol. The van der Waals surface area contributed by atoms with E-state index in [1.807, 2.05) is 0 Å². The maximum Gasteiger partial charge on any atom is 0.114 e. The molecule has 0 spiro atoms. The van der Waals surface area contributed by atoms with E-state index in [0.29, 0.717) is 0 Å².